The summed E-state index contributed by atoms with van der Waals surface area (Å²) in [7, 11) is 0. The molecule has 0 fully saturated rings. The molecular formula is C45H60O4. The maximum atomic E-state index is 6.80. The van der Waals surface area contributed by atoms with E-state index in [4.69, 9.17) is 18.9 Å². The van der Waals surface area contributed by atoms with E-state index in [1.54, 1.807) is 0 Å². The van der Waals surface area contributed by atoms with Crippen molar-refractivity contribution in [2.75, 3.05) is 13.2 Å². The predicted molar refractivity (Wildman–Crippen MR) is 203 cm³/mol. The van der Waals surface area contributed by atoms with E-state index in [-0.39, 0.29) is 5.60 Å². The minimum absolute atomic E-state index is 0.206. The van der Waals surface area contributed by atoms with E-state index in [2.05, 4.69) is 104 Å². The summed E-state index contributed by atoms with van der Waals surface area (Å²) in [4.78, 5) is 0. The average Bonchev–Trinajstić information content (AvgIpc) is 3.03. The van der Waals surface area contributed by atoms with Gasteiger partial charge in [-0.3, -0.25) is 0 Å². The molecule has 0 aromatic heterocycles. The Morgan fingerprint density at radius 3 is 2.08 bits per heavy atom. The second kappa shape index (κ2) is 14.8. The van der Waals surface area contributed by atoms with E-state index in [1.165, 1.54) is 77.5 Å². The van der Waals surface area contributed by atoms with E-state index < -0.39 is 5.60 Å². The first-order valence-electron chi connectivity index (χ1n) is 19.3. The van der Waals surface area contributed by atoms with Crippen LogP contribution in [-0.2, 0) is 18.4 Å². The Hall–Kier alpha value is -3.40. The maximum Gasteiger partial charge on any atom is 0.132 e. The maximum absolute atomic E-state index is 6.80. The van der Waals surface area contributed by atoms with Gasteiger partial charge < -0.3 is 18.9 Å². The Morgan fingerprint density at radius 1 is 0.735 bits per heavy atom. The number of unbranched alkanes of at least 4 members (excludes halogenated alkanes) is 4. The lowest BCUT2D eigenvalue weighted by Crippen LogP contribution is -2.45. The quantitative estimate of drug-likeness (QED) is 0.127. The van der Waals surface area contributed by atoms with Crippen molar-refractivity contribution in [1.29, 1.82) is 0 Å². The van der Waals surface area contributed by atoms with Crippen LogP contribution in [0.15, 0.2) is 54.1 Å². The minimum atomic E-state index is -0.405. The molecule has 264 valence electrons. The minimum Gasteiger partial charge on any atom is -0.493 e. The number of fused-ring (bicyclic) bond motifs is 6. The van der Waals surface area contributed by atoms with Crippen LogP contribution >= 0.6 is 0 Å². The van der Waals surface area contributed by atoms with Gasteiger partial charge in [0.2, 0.25) is 0 Å². The second-order valence-corrected chi connectivity index (χ2v) is 16.0. The first kappa shape index (κ1) is 35.4. The Balaban J connectivity index is 1.23. The average molecular weight is 665 g/mol. The molecule has 0 bridgehead atoms. The Kier molecular flexibility index (Phi) is 10.7. The molecule has 6 rings (SSSR count). The first-order chi connectivity index (χ1) is 23.5. The Morgan fingerprint density at radius 2 is 1.39 bits per heavy atom. The lowest BCUT2D eigenvalue weighted by molar-refractivity contribution is 0.0104. The van der Waals surface area contributed by atoms with Crippen LogP contribution in [-0.4, -0.2) is 18.8 Å². The van der Waals surface area contributed by atoms with Crippen LogP contribution in [0, 0.1) is 12.8 Å². The molecule has 3 aromatic rings. The van der Waals surface area contributed by atoms with Gasteiger partial charge >= 0.3 is 0 Å². The summed E-state index contributed by atoms with van der Waals surface area (Å²) in [5, 5.41) is 0. The fourth-order valence-electron chi connectivity index (χ4n) is 8.37. The highest BCUT2D eigenvalue weighted by Crippen LogP contribution is 2.54. The zero-order valence-corrected chi connectivity index (χ0v) is 31.6. The topological polar surface area (TPSA) is 36.9 Å². The highest BCUT2D eigenvalue weighted by molar-refractivity contribution is 5.82. The van der Waals surface area contributed by atoms with Crippen LogP contribution in [0.1, 0.15) is 140 Å². The van der Waals surface area contributed by atoms with Crippen LogP contribution in [0.5, 0.6) is 23.0 Å². The Labute approximate surface area is 296 Å². The highest BCUT2D eigenvalue weighted by Gasteiger charge is 2.45. The zero-order chi connectivity index (χ0) is 34.8. The van der Waals surface area contributed by atoms with Crippen molar-refractivity contribution < 1.29 is 18.9 Å². The van der Waals surface area contributed by atoms with Gasteiger partial charge in [-0.2, -0.15) is 0 Å². The number of aryl methyl sites for hydroxylation is 3. The second-order valence-electron chi connectivity index (χ2n) is 16.0. The van der Waals surface area contributed by atoms with Crippen LogP contribution < -0.4 is 18.9 Å². The fourth-order valence-corrected chi connectivity index (χ4v) is 8.37. The molecule has 3 aromatic carbocycles. The van der Waals surface area contributed by atoms with Crippen LogP contribution in [0.3, 0.4) is 0 Å². The lowest BCUT2D eigenvalue weighted by Gasteiger charge is -2.46. The number of hydrogen-bond acceptors (Lipinski definition) is 4. The lowest BCUT2D eigenvalue weighted by atomic mass is 9.68. The monoisotopic (exact) mass is 664 g/mol. The summed E-state index contributed by atoms with van der Waals surface area (Å²) in [6.45, 7) is 19.0. The standard InChI is InChI=1S/C45H60O4/c1-9-11-13-16-32-26-38(42-34-24-30(3)18-20-36(34)44(5,6)48-40(42)28-32)46-22-15-23-47-39-27-33(17-14-12-10-2)29-41-43(39)35-25-31(4)19-21-37(35)45(7,8)49-41/h18,20,24-29,35,37H,9-17,19,21-23H2,1-8H3/t35-,37-/m1/s1. The van der Waals surface area contributed by atoms with Gasteiger partial charge in [-0.15, -0.1) is 0 Å². The molecule has 0 saturated heterocycles. The largest absolute Gasteiger partial charge is 0.493 e. The molecule has 0 N–H and O–H groups in total. The van der Waals surface area contributed by atoms with Crippen molar-refractivity contribution in [3.8, 4) is 34.1 Å². The van der Waals surface area contributed by atoms with E-state index >= 15 is 0 Å². The molecule has 0 amide bonds. The SMILES string of the molecule is CCCCCc1cc(OCCCOc2cc(CCCCC)cc3c2[C@@H]2C=C(C)CC[C@H]2C(C)(C)O3)c2c(c1)OC(C)(C)c1ccc(C)cc1-2. The van der Waals surface area contributed by atoms with Crippen LogP contribution in [0.25, 0.3) is 11.1 Å². The summed E-state index contributed by atoms with van der Waals surface area (Å²) < 4.78 is 26.9. The van der Waals surface area contributed by atoms with Crippen molar-refractivity contribution in [1.82, 2.24) is 0 Å². The first-order valence-corrected chi connectivity index (χ1v) is 19.3. The van der Waals surface area contributed by atoms with E-state index in [0.717, 1.165) is 60.7 Å². The van der Waals surface area contributed by atoms with Gasteiger partial charge in [0, 0.05) is 29.4 Å². The van der Waals surface area contributed by atoms with Crippen molar-refractivity contribution in [2.45, 2.75) is 143 Å². The third kappa shape index (κ3) is 7.69. The van der Waals surface area contributed by atoms with E-state index in [1.807, 2.05) is 0 Å². The highest BCUT2D eigenvalue weighted by atomic mass is 16.5. The molecule has 1 aliphatic carbocycles. The summed E-state index contributed by atoms with van der Waals surface area (Å²) in [5.41, 5.74) is 9.44. The summed E-state index contributed by atoms with van der Waals surface area (Å²) in [6.07, 6.45) is 14.9. The number of hydrogen-bond donors (Lipinski definition) is 0. The van der Waals surface area contributed by atoms with Crippen molar-refractivity contribution in [3.05, 3.63) is 81.9 Å². The van der Waals surface area contributed by atoms with Gasteiger partial charge in [0.05, 0.1) is 18.8 Å². The summed E-state index contributed by atoms with van der Waals surface area (Å²) in [5.74, 6) is 4.62. The molecule has 2 atom stereocenters. The van der Waals surface area contributed by atoms with Gasteiger partial charge in [0.25, 0.3) is 0 Å². The molecular weight excluding hydrogens is 604 g/mol. The third-order valence-electron chi connectivity index (χ3n) is 11.0. The number of ether oxygens (including phenoxy) is 4. The van der Waals surface area contributed by atoms with Crippen LogP contribution in [0.2, 0.25) is 0 Å². The molecule has 0 saturated carbocycles. The van der Waals surface area contributed by atoms with E-state index in [0.29, 0.717) is 25.0 Å². The van der Waals surface area contributed by atoms with Crippen LogP contribution in [0.4, 0.5) is 0 Å². The van der Waals surface area contributed by atoms with Crippen molar-refractivity contribution in [2.24, 2.45) is 5.92 Å². The summed E-state index contributed by atoms with van der Waals surface area (Å²) >= 11 is 0. The predicted octanol–water partition coefficient (Wildman–Crippen LogP) is 12.2. The molecule has 2 heterocycles. The molecule has 0 spiro atoms. The number of rotatable bonds is 14. The molecule has 4 heteroatoms. The molecule has 3 aliphatic rings. The molecule has 49 heavy (non-hydrogen) atoms. The molecule has 0 unspecified atom stereocenters. The third-order valence-corrected chi connectivity index (χ3v) is 11.0. The number of benzene rings is 3. The van der Waals surface area contributed by atoms with Crippen molar-refractivity contribution >= 4 is 0 Å². The normalized spacial score (nSPS) is 19.7. The van der Waals surface area contributed by atoms with Gasteiger partial charge in [-0.05, 0) is 121 Å². The zero-order valence-electron chi connectivity index (χ0n) is 31.6. The van der Waals surface area contributed by atoms with E-state index in [9.17, 15) is 0 Å². The smallest absolute Gasteiger partial charge is 0.132 e. The Bertz CT molecular complexity index is 1660. The molecule has 2 aliphatic heterocycles. The van der Waals surface area contributed by atoms with Crippen molar-refractivity contribution in [3.63, 3.8) is 0 Å². The van der Waals surface area contributed by atoms with Gasteiger partial charge in [0.15, 0.2) is 0 Å². The van der Waals surface area contributed by atoms with Gasteiger partial charge in [-0.25, -0.2) is 0 Å². The van der Waals surface area contributed by atoms with Gasteiger partial charge in [-0.1, -0.05) is 74.9 Å². The summed E-state index contributed by atoms with van der Waals surface area (Å²) in [6, 6.07) is 15.8. The number of allylic oxidation sites excluding steroid dienone is 2. The fraction of sp³-hybridized carbons (Fsp3) is 0.556. The van der Waals surface area contributed by atoms with Gasteiger partial charge in [0.1, 0.15) is 34.2 Å². The molecule has 0 radical (unpaired) electrons. The molecule has 4 nitrogen and oxygen atoms in total.